The largest absolute Gasteiger partial charge is 0.357 e. The number of nitrogens with one attached hydrogen (secondary N) is 1. The molecule has 1 aromatic rings. The van der Waals surface area contributed by atoms with Gasteiger partial charge in [0.05, 0.1) is 0 Å². The normalized spacial score (nSPS) is 13.6. The fourth-order valence-corrected chi connectivity index (χ4v) is 2.16. The van der Waals surface area contributed by atoms with E-state index in [1.165, 1.54) is 12.0 Å². The lowest BCUT2D eigenvalue weighted by atomic mass is 10.0. The highest BCUT2D eigenvalue weighted by atomic mass is 15.2. The highest BCUT2D eigenvalue weighted by molar-refractivity contribution is 5.39. The third kappa shape index (κ3) is 5.91. The van der Waals surface area contributed by atoms with Gasteiger partial charge in [0, 0.05) is 31.4 Å². The molecule has 0 aliphatic carbocycles. The fraction of sp³-hybridized carbons (Fsp3) is 0.706. The van der Waals surface area contributed by atoms with Gasteiger partial charge in [-0.05, 0) is 51.7 Å². The second kappa shape index (κ2) is 7.07. The van der Waals surface area contributed by atoms with Crippen LogP contribution < -0.4 is 10.2 Å². The van der Waals surface area contributed by atoms with Crippen LogP contribution in [0.3, 0.4) is 0 Å². The first-order valence-electron chi connectivity index (χ1n) is 7.62. The van der Waals surface area contributed by atoms with Gasteiger partial charge in [-0.2, -0.15) is 0 Å². The predicted molar refractivity (Wildman–Crippen MR) is 88.1 cm³/mol. The molecule has 0 saturated heterocycles. The maximum absolute atomic E-state index is 4.59. The van der Waals surface area contributed by atoms with Crippen molar-refractivity contribution < 1.29 is 0 Å². The van der Waals surface area contributed by atoms with Crippen LogP contribution in [0.4, 0.5) is 5.82 Å². The number of nitrogens with zero attached hydrogens (tertiary/aromatic N) is 2. The Bertz CT molecular complexity index is 390. The van der Waals surface area contributed by atoms with Gasteiger partial charge in [-0.1, -0.05) is 19.9 Å². The van der Waals surface area contributed by atoms with E-state index in [9.17, 15) is 0 Å². The first-order valence-corrected chi connectivity index (χ1v) is 7.62. The van der Waals surface area contributed by atoms with Gasteiger partial charge in [0.2, 0.25) is 0 Å². The van der Waals surface area contributed by atoms with Crippen molar-refractivity contribution in [3.63, 3.8) is 0 Å². The van der Waals surface area contributed by atoms with Crippen molar-refractivity contribution in [1.29, 1.82) is 0 Å². The lowest BCUT2D eigenvalue weighted by Gasteiger charge is -2.27. The Hall–Kier alpha value is -1.09. The van der Waals surface area contributed by atoms with Crippen molar-refractivity contribution >= 4 is 5.82 Å². The van der Waals surface area contributed by atoms with E-state index in [1.54, 1.807) is 0 Å². The SMILES string of the molecule is CC(C)CC(C)N(C)c1ccc(CNC(C)(C)C)cn1. The molecule has 1 aromatic heterocycles. The zero-order valence-electron chi connectivity index (χ0n) is 14.2. The van der Waals surface area contributed by atoms with Crippen molar-refractivity contribution in [2.45, 2.75) is 66.1 Å². The van der Waals surface area contributed by atoms with E-state index < -0.39 is 0 Å². The highest BCUT2D eigenvalue weighted by Gasteiger charge is 2.13. The molecule has 1 rings (SSSR count). The predicted octanol–water partition coefficient (Wildman–Crippen LogP) is 3.84. The number of anilines is 1. The summed E-state index contributed by atoms with van der Waals surface area (Å²) in [5.74, 6) is 1.76. The Morgan fingerprint density at radius 1 is 1.20 bits per heavy atom. The van der Waals surface area contributed by atoms with Crippen LogP contribution in [0.2, 0.25) is 0 Å². The average Bonchev–Trinajstić information content (AvgIpc) is 2.34. The van der Waals surface area contributed by atoms with Crippen molar-refractivity contribution in [1.82, 2.24) is 10.3 Å². The van der Waals surface area contributed by atoms with Crippen LogP contribution in [-0.4, -0.2) is 23.6 Å². The van der Waals surface area contributed by atoms with Gasteiger partial charge in [-0.25, -0.2) is 4.98 Å². The van der Waals surface area contributed by atoms with Crippen molar-refractivity contribution in [2.24, 2.45) is 5.92 Å². The fourth-order valence-electron chi connectivity index (χ4n) is 2.16. The molecule has 0 bridgehead atoms. The van der Waals surface area contributed by atoms with E-state index in [-0.39, 0.29) is 5.54 Å². The zero-order valence-corrected chi connectivity index (χ0v) is 14.2. The quantitative estimate of drug-likeness (QED) is 0.856. The van der Waals surface area contributed by atoms with Crippen molar-refractivity contribution in [2.75, 3.05) is 11.9 Å². The number of hydrogen-bond donors (Lipinski definition) is 1. The molecule has 0 amide bonds. The second-order valence-corrected chi connectivity index (χ2v) is 7.22. The maximum Gasteiger partial charge on any atom is 0.128 e. The molecular weight excluding hydrogens is 246 g/mol. The van der Waals surface area contributed by atoms with Gasteiger partial charge in [-0.15, -0.1) is 0 Å². The van der Waals surface area contributed by atoms with Crippen molar-refractivity contribution in [3.8, 4) is 0 Å². The minimum Gasteiger partial charge on any atom is -0.357 e. The van der Waals surface area contributed by atoms with E-state index in [4.69, 9.17) is 0 Å². The standard InChI is InChI=1S/C17H31N3/c1-13(2)10-14(3)20(7)16-9-8-15(11-18-16)12-19-17(4,5)6/h8-9,11,13-14,19H,10,12H2,1-7H3. The Morgan fingerprint density at radius 2 is 1.85 bits per heavy atom. The van der Waals surface area contributed by atoms with Crippen LogP contribution in [0.25, 0.3) is 0 Å². The molecule has 1 atom stereocenters. The summed E-state index contributed by atoms with van der Waals surface area (Å²) < 4.78 is 0. The molecule has 0 aliphatic heterocycles. The highest BCUT2D eigenvalue weighted by Crippen LogP contribution is 2.17. The van der Waals surface area contributed by atoms with Crippen LogP contribution in [0.5, 0.6) is 0 Å². The Morgan fingerprint density at radius 3 is 2.30 bits per heavy atom. The van der Waals surface area contributed by atoms with Gasteiger partial charge in [-0.3, -0.25) is 0 Å². The number of pyridine rings is 1. The van der Waals surface area contributed by atoms with E-state index >= 15 is 0 Å². The summed E-state index contributed by atoms with van der Waals surface area (Å²) in [7, 11) is 2.13. The molecule has 1 heterocycles. The van der Waals surface area contributed by atoms with Gasteiger partial charge in [0.25, 0.3) is 0 Å². The summed E-state index contributed by atoms with van der Waals surface area (Å²) >= 11 is 0. The molecule has 114 valence electrons. The minimum atomic E-state index is 0.140. The van der Waals surface area contributed by atoms with Crippen LogP contribution in [0.15, 0.2) is 18.3 Å². The Balaban J connectivity index is 2.61. The lowest BCUT2D eigenvalue weighted by Crippen LogP contribution is -2.35. The Kier molecular flexibility index (Phi) is 6.00. The summed E-state index contributed by atoms with van der Waals surface area (Å²) in [6.07, 6.45) is 3.16. The molecule has 3 heteroatoms. The number of aromatic nitrogens is 1. The number of rotatable bonds is 6. The topological polar surface area (TPSA) is 28.2 Å². The maximum atomic E-state index is 4.59. The first-order chi connectivity index (χ1) is 9.19. The van der Waals surface area contributed by atoms with Gasteiger partial charge in [0.15, 0.2) is 0 Å². The van der Waals surface area contributed by atoms with Crippen LogP contribution in [-0.2, 0) is 6.54 Å². The summed E-state index contributed by atoms with van der Waals surface area (Å²) in [5, 5.41) is 3.48. The molecule has 0 aromatic carbocycles. The second-order valence-electron chi connectivity index (χ2n) is 7.22. The van der Waals surface area contributed by atoms with E-state index in [0.717, 1.165) is 12.4 Å². The van der Waals surface area contributed by atoms with Gasteiger partial charge in [0.1, 0.15) is 5.82 Å². The van der Waals surface area contributed by atoms with Crippen LogP contribution in [0.1, 0.15) is 53.5 Å². The third-order valence-electron chi connectivity index (χ3n) is 3.47. The lowest BCUT2D eigenvalue weighted by molar-refractivity contribution is 0.424. The minimum absolute atomic E-state index is 0.140. The molecule has 0 aliphatic rings. The molecular formula is C17H31N3. The summed E-state index contributed by atoms with van der Waals surface area (Å²) in [6, 6.07) is 4.80. The van der Waals surface area contributed by atoms with Gasteiger partial charge >= 0.3 is 0 Å². The van der Waals surface area contributed by atoms with E-state index in [0.29, 0.717) is 12.0 Å². The smallest absolute Gasteiger partial charge is 0.128 e. The molecule has 1 N–H and O–H groups in total. The monoisotopic (exact) mass is 277 g/mol. The van der Waals surface area contributed by atoms with Crippen LogP contribution in [0, 0.1) is 5.92 Å². The Labute approximate surface area is 124 Å². The molecule has 3 nitrogen and oxygen atoms in total. The summed E-state index contributed by atoms with van der Waals surface area (Å²) in [5.41, 5.74) is 1.37. The molecule has 0 spiro atoms. The van der Waals surface area contributed by atoms with Gasteiger partial charge < -0.3 is 10.2 Å². The molecule has 0 fully saturated rings. The number of hydrogen-bond acceptors (Lipinski definition) is 3. The third-order valence-corrected chi connectivity index (χ3v) is 3.47. The molecule has 0 saturated carbocycles. The van der Waals surface area contributed by atoms with E-state index in [1.807, 2.05) is 6.20 Å². The van der Waals surface area contributed by atoms with E-state index in [2.05, 4.69) is 75.9 Å². The summed E-state index contributed by atoms with van der Waals surface area (Å²) in [6.45, 7) is 14.2. The zero-order chi connectivity index (χ0) is 15.3. The summed E-state index contributed by atoms with van der Waals surface area (Å²) in [4.78, 5) is 6.86. The van der Waals surface area contributed by atoms with Crippen LogP contribution >= 0.6 is 0 Å². The molecule has 20 heavy (non-hydrogen) atoms. The first kappa shape index (κ1) is 17.0. The average molecular weight is 277 g/mol. The van der Waals surface area contributed by atoms with Crippen molar-refractivity contribution in [3.05, 3.63) is 23.9 Å². The molecule has 1 unspecified atom stereocenters. The molecule has 0 radical (unpaired) electrons.